The van der Waals surface area contributed by atoms with Crippen molar-refractivity contribution < 1.29 is 4.79 Å². The van der Waals surface area contributed by atoms with Gasteiger partial charge in [-0.2, -0.15) is 0 Å². The molecule has 0 amide bonds. The monoisotopic (exact) mass is 186 g/mol. The molecule has 0 saturated heterocycles. The zero-order chi connectivity index (χ0) is 9.80. The van der Waals surface area contributed by atoms with Gasteiger partial charge in [0.1, 0.15) is 5.78 Å². The van der Waals surface area contributed by atoms with E-state index >= 15 is 0 Å². The molecule has 0 fully saturated rings. The summed E-state index contributed by atoms with van der Waals surface area (Å²) in [5, 5.41) is 0. The van der Waals surface area contributed by atoms with E-state index in [9.17, 15) is 4.79 Å². The normalized spacial score (nSPS) is 16.6. The van der Waals surface area contributed by atoms with Crippen LogP contribution < -0.4 is 0 Å². The van der Waals surface area contributed by atoms with Crippen molar-refractivity contribution in [1.82, 2.24) is 0 Å². The maximum Gasteiger partial charge on any atom is 0.136 e. The Labute approximate surface area is 84.5 Å². The molecule has 0 heterocycles. The minimum Gasteiger partial charge on any atom is -0.299 e. The van der Waals surface area contributed by atoms with Crippen LogP contribution in [0.4, 0.5) is 0 Å². The first-order chi connectivity index (χ1) is 6.84. The minimum atomic E-state index is 0.377. The molecule has 0 bridgehead atoms. The molecule has 1 aromatic rings. The Kier molecular flexibility index (Phi) is 2.78. The molecule has 0 radical (unpaired) electrons. The molecule has 0 atom stereocenters. The van der Waals surface area contributed by atoms with Crippen molar-refractivity contribution in [3.05, 3.63) is 47.5 Å². The van der Waals surface area contributed by atoms with Gasteiger partial charge in [-0.3, -0.25) is 4.79 Å². The van der Waals surface area contributed by atoms with Gasteiger partial charge in [0, 0.05) is 12.8 Å². The van der Waals surface area contributed by atoms with Crippen molar-refractivity contribution in [3.63, 3.8) is 0 Å². The lowest BCUT2D eigenvalue weighted by Crippen LogP contribution is -2.05. The third-order valence-electron chi connectivity index (χ3n) is 2.62. The molecular formula is C13H14O. The van der Waals surface area contributed by atoms with E-state index in [4.69, 9.17) is 0 Å². The van der Waals surface area contributed by atoms with Gasteiger partial charge in [-0.1, -0.05) is 42.0 Å². The van der Waals surface area contributed by atoms with Crippen LogP contribution in [0.25, 0.3) is 0 Å². The van der Waals surface area contributed by atoms with E-state index in [1.54, 1.807) is 0 Å². The molecule has 1 aromatic carbocycles. The van der Waals surface area contributed by atoms with E-state index < -0.39 is 0 Å². The standard InChI is InChI=1S/C13H14O/c14-13-8-6-12(7-9-13)10-11-4-2-1-3-5-11/h1-6H,7-10H2. The summed E-state index contributed by atoms with van der Waals surface area (Å²) in [6, 6.07) is 10.4. The maximum absolute atomic E-state index is 11.0. The number of rotatable bonds is 2. The summed E-state index contributed by atoms with van der Waals surface area (Å²) < 4.78 is 0. The molecule has 0 aliphatic heterocycles. The van der Waals surface area contributed by atoms with Crippen molar-refractivity contribution >= 4 is 5.78 Å². The highest BCUT2D eigenvalue weighted by atomic mass is 16.1. The molecule has 0 spiro atoms. The minimum absolute atomic E-state index is 0.377. The molecule has 1 heteroatoms. The number of carbonyl (C=O) groups is 1. The van der Waals surface area contributed by atoms with Crippen molar-refractivity contribution in [1.29, 1.82) is 0 Å². The lowest BCUT2D eigenvalue weighted by Gasteiger charge is -2.11. The van der Waals surface area contributed by atoms with Crippen LogP contribution in [0, 0.1) is 0 Å². The second-order valence-electron chi connectivity index (χ2n) is 3.77. The van der Waals surface area contributed by atoms with Gasteiger partial charge in [0.2, 0.25) is 0 Å². The summed E-state index contributed by atoms with van der Waals surface area (Å²) in [6.07, 6.45) is 5.43. The van der Waals surface area contributed by atoms with Gasteiger partial charge < -0.3 is 0 Å². The highest BCUT2D eigenvalue weighted by Gasteiger charge is 2.09. The highest BCUT2D eigenvalue weighted by Crippen LogP contribution is 2.18. The first-order valence-corrected chi connectivity index (χ1v) is 5.08. The Bertz CT molecular complexity index is 349. The Morgan fingerprint density at radius 2 is 1.86 bits per heavy atom. The van der Waals surface area contributed by atoms with Gasteiger partial charge in [0.25, 0.3) is 0 Å². The van der Waals surface area contributed by atoms with Crippen LogP contribution in [0.1, 0.15) is 24.8 Å². The number of hydrogen-bond donors (Lipinski definition) is 0. The van der Waals surface area contributed by atoms with Crippen LogP contribution in [-0.4, -0.2) is 5.78 Å². The molecule has 1 aliphatic rings. The Balaban J connectivity index is 2.02. The van der Waals surface area contributed by atoms with Gasteiger partial charge >= 0.3 is 0 Å². The van der Waals surface area contributed by atoms with Crippen LogP contribution in [0.15, 0.2) is 42.0 Å². The number of allylic oxidation sites excluding steroid dienone is 2. The van der Waals surface area contributed by atoms with Crippen LogP contribution in [0.5, 0.6) is 0 Å². The van der Waals surface area contributed by atoms with Crippen molar-refractivity contribution in [2.45, 2.75) is 25.7 Å². The highest BCUT2D eigenvalue weighted by molar-refractivity contribution is 5.81. The molecule has 0 N–H and O–H groups in total. The summed E-state index contributed by atoms with van der Waals surface area (Å²) in [5.41, 5.74) is 2.75. The van der Waals surface area contributed by atoms with Gasteiger partial charge in [0.15, 0.2) is 0 Å². The number of benzene rings is 1. The van der Waals surface area contributed by atoms with E-state index in [1.807, 2.05) is 6.07 Å². The molecular weight excluding hydrogens is 172 g/mol. The third kappa shape index (κ3) is 2.32. The molecule has 14 heavy (non-hydrogen) atoms. The fourth-order valence-electron chi connectivity index (χ4n) is 1.78. The van der Waals surface area contributed by atoms with Gasteiger partial charge in [0.05, 0.1) is 0 Å². The summed E-state index contributed by atoms with van der Waals surface area (Å²) in [5.74, 6) is 0.377. The molecule has 0 saturated carbocycles. The van der Waals surface area contributed by atoms with Gasteiger partial charge in [-0.25, -0.2) is 0 Å². The van der Waals surface area contributed by atoms with Crippen LogP contribution >= 0.6 is 0 Å². The number of ketones is 1. The molecule has 0 unspecified atom stereocenters. The fourth-order valence-corrected chi connectivity index (χ4v) is 1.78. The zero-order valence-electron chi connectivity index (χ0n) is 8.20. The Morgan fingerprint density at radius 3 is 2.50 bits per heavy atom. The van der Waals surface area contributed by atoms with Gasteiger partial charge in [-0.15, -0.1) is 0 Å². The first kappa shape index (κ1) is 9.20. The number of Topliss-reactive ketones (excluding diaryl/α,β-unsaturated/α-hetero) is 1. The first-order valence-electron chi connectivity index (χ1n) is 5.08. The third-order valence-corrected chi connectivity index (χ3v) is 2.62. The second-order valence-corrected chi connectivity index (χ2v) is 3.77. The molecule has 1 aliphatic carbocycles. The van der Waals surface area contributed by atoms with Crippen LogP contribution in [0.2, 0.25) is 0 Å². The number of carbonyl (C=O) groups excluding carboxylic acids is 1. The smallest absolute Gasteiger partial charge is 0.136 e. The van der Waals surface area contributed by atoms with E-state index in [-0.39, 0.29) is 0 Å². The van der Waals surface area contributed by atoms with Crippen molar-refractivity contribution in [3.8, 4) is 0 Å². The summed E-state index contributed by atoms with van der Waals surface area (Å²) in [7, 11) is 0. The predicted molar refractivity (Wildman–Crippen MR) is 57.1 cm³/mol. The van der Waals surface area contributed by atoms with Crippen LogP contribution in [0.3, 0.4) is 0 Å². The second kappa shape index (κ2) is 4.23. The lowest BCUT2D eigenvalue weighted by atomic mass is 9.93. The summed E-state index contributed by atoms with van der Waals surface area (Å²) >= 11 is 0. The lowest BCUT2D eigenvalue weighted by molar-refractivity contribution is -0.118. The molecule has 1 nitrogen and oxygen atoms in total. The molecule has 0 aromatic heterocycles. The maximum atomic E-state index is 11.0. The SMILES string of the molecule is O=C1CC=C(Cc2ccccc2)CC1. The number of hydrogen-bond acceptors (Lipinski definition) is 1. The van der Waals surface area contributed by atoms with E-state index in [0.717, 1.165) is 19.3 Å². The predicted octanol–water partition coefficient (Wildman–Crippen LogP) is 2.91. The Morgan fingerprint density at radius 1 is 1.07 bits per heavy atom. The summed E-state index contributed by atoms with van der Waals surface area (Å²) in [6.45, 7) is 0. The van der Waals surface area contributed by atoms with Gasteiger partial charge in [-0.05, 0) is 18.4 Å². The van der Waals surface area contributed by atoms with Crippen molar-refractivity contribution in [2.75, 3.05) is 0 Å². The molecule has 72 valence electrons. The van der Waals surface area contributed by atoms with Crippen LogP contribution in [-0.2, 0) is 11.2 Å². The average molecular weight is 186 g/mol. The van der Waals surface area contributed by atoms with E-state index in [2.05, 4.69) is 30.3 Å². The summed E-state index contributed by atoms with van der Waals surface area (Å²) in [4.78, 5) is 11.0. The molecule has 2 rings (SSSR count). The van der Waals surface area contributed by atoms with E-state index in [0.29, 0.717) is 12.2 Å². The van der Waals surface area contributed by atoms with Crippen molar-refractivity contribution in [2.24, 2.45) is 0 Å². The average Bonchev–Trinajstić information content (AvgIpc) is 2.23. The van der Waals surface area contributed by atoms with E-state index in [1.165, 1.54) is 11.1 Å². The topological polar surface area (TPSA) is 17.1 Å². The largest absolute Gasteiger partial charge is 0.299 e. The fraction of sp³-hybridized carbons (Fsp3) is 0.308. The quantitative estimate of drug-likeness (QED) is 0.649. The zero-order valence-corrected chi connectivity index (χ0v) is 8.20. The Hall–Kier alpha value is -1.37.